The Morgan fingerprint density at radius 1 is 1.58 bits per heavy atom. The van der Waals surface area contributed by atoms with E-state index < -0.39 is 0 Å². The molecule has 0 fully saturated rings. The first kappa shape index (κ1) is 10.6. The van der Waals surface area contributed by atoms with Crippen LogP contribution in [0.2, 0.25) is 0 Å². The summed E-state index contributed by atoms with van der Waals surface area (Å²) in [5, 5.41) is 0. The average molecular weight is 165 g/mol. The van der Waals surface area contributed by atoms with Gasteiger partial charge in [-0.05, 0) is 19.1 Å². The van der Waals surface area contributed by atoms with Crippen LogP contribution in [0.3, 0.4) is 0 Å². The molecule has 12 heavy (non-hydrogen) atoms. The lowest BCUT2D eigenvalue weighted by Crippen LogP contribution is -2.03. The number of rotatable bonds is 5. The second-order valence-electron chi connectivity index (χ2n) is 2.23. The van der Waals surface area contributed by atoms with Gasteiger partial charge >= 0.3 is 0 Å². The fourth-order valence-electron chi connectivity index (χ4n) is 0.693. The SMILES string of the molecule is C=C/C=C(\C=C/C)COC(=C)N. The molecule has 0 amide bonds. The third-order valence-corrected chi connectivity index (χ3v) is 1.14. The highest BCUT2D eigenvalue weighted by molar-refractivity contribution is 5.23. The van der Waals surface area contributed by atoms with Gasteiger partial charge in [0.15, 0.2) is 5.88 Å². The van der Waals surface area contributed by atoms with Gasteiger partial charge in [0.25, 0.3) is 0 Å². The third-order valence-electron chi connectivity index (χ3n) is 1.14. The van der Waals surface area contributed by atoms with E-state index >= 15 is 0 Å². The minimum Gasteiger partial charge on any atom is -0.475 e. The summed E-state index contributed by atoms with van der Waals surface area (Å²) >= 11 is 0. The van der Waals surface area contributed by atoms with Crippen LogP contribution in [0.4, 0.5) is 0 Å². The summed E-state index contributed by atoms with van der Waals surface area (Å²) in [5.41, 5.74) is 6.25. The maximum Gasteiger partial charge on any atom is 0.176 e. The van der Waals surface area contributed by atoms with Gasteiger partial charge in [0.2, 0.25) is 0 Å². The van der Waals surface area contributed by atoms with Crippen LogP contribution >= 0.6 is 0 Å². The summed E-state index contributed by atoms with van der Waals surface area (Å²) in [6.45, 7) is 9.39. The number of ether oxygens (including phenoxy) is 1. The van der Waals surface area contributed by atoms with Gasteiger partial charge in [-0.1, -0.05) is 30.9 Å². The monoisotopic (exact) mass is 165 g/mol. The molecule has 0 unspecified atom stereocenters. The van der Waals surface area contributed by atoms with Crippen LogP contribution in [0.25, 0.3) is 0 Å². The normalized spacial score (nSPS) is 11.6. The smallest absolute Gasteiger partial charge is 0.176 e. The zero-order chi connectivity index (χ0) is 9.40. The molecule has 0 heterocycles. The van der Waals surface area contributed by atoms with Crippen molar-refractivity contribution in [2.75, 3.05) is 6.61 Å². The number of allylic oxidation sites excluding steroid dienone is 3. The molecular weight excluding hydrogens is 150 g/mol. The summed E-state index contributed by atoms with van der Waals surface area (Å²) in [6.07, 6.45) is 7.43. The van der Waals surface area contributed by atoms with Crippen LogP contribution in [-0.4, -0.2) is 6.61 Å². The van der Waals surface area contributed by atoms with E-state index in [9.17, 15) is 0 Å². The largest absolute Gasteiger partial charge is 0.475 e. The Hall–Kier alpha value is -1.44. The highest BCUT2D eigenvalue weighted by Gasteiger charge is 1.91. The van der Waals surface area contributed by atoms with Crippen LogP contribution in [-0.2, 0) is 4.74 Å². The fraction of sp³-hybridized carbons (Fsp3) is 0.200. The van der Waals surface area contributed by atoms with Crippen molar-refractivity contribution < 1.29 is 4.74 Å². The molecule has 0 spiro atoms. The van der Waals surface area contributed by atoms with Crippen molar-refractivity contribution in [2.45, 2.75) is 6.92 Å². The molecule has 0 aromatic rings. The zero-order valence-corrected chi connectivity index (χ0v) is 7.42. The van der Waals surface area contributed by atoms with Gasteiger partial charge in [-0.2, -0.15) is 0 Å². The van der Waals surface area contributed by atoms with Gasteiger partial charge in [0.1, 0.15) is 6.61 Å². The van der Waals surface area contributed by atoms with Crippen molar-refractivity contribution >= 4 is 0 Å². The van der Waals surface area contributed by atoms with Gasteiger partial charge < -0.3 is 10.5 Å². The number of hydrogen-bond donors (Lipinski definition) is 1. The molecule has 0 bridgehead atoms. The van der Waals surface area contributed by atoms with E-state index in [1.165, 1.54) is 0 Å². The molecule has 0 aliphatic rings. The molecule has 2 N–H and O–H groups in total. The summed E-state index contributed by atoms with van der Waals surface area (Å²) in [6, 6.07) is 0. The summed E-state index contributed by atoms with van der Waals surface area (Å²) in [5.74, 6) is 0.231. The van der Waals surface area contributed by atoms with Gasteiger partial charge in [-0.3, -0.25) is 0 Å². The summed E-state index contributed by atoms with van der Waals surface area (Å²) in [4.78, 5) is 0. The topological polar surface area (TPSA) is 35.2 Å². The molecule has 0 saturated carbocycles. The average Bonchev–Trinajstić information content (AvgIpc) is 2.01. The van der Waals surface area contributed by atoms with E-state index in [-0.39, 0.29) is 5.88 Å². The predicted octanol–water partition coefficient (Wildman–Crippen LogP) is 2.12. The molecule has 0 saturated heterocycles. The van der Waals surface area contributed by atoms with Crippen LogP contribution in [0, 0.1) is 0 Å². The maximum absolute atomic E-state index is 5.24. The van der Waals surface area contributed by atoms with Crippen molar-refractivity contribution in [3.63, 3.8) is 0 Å². The molecule has 0 radical (unpaired) electrons. The third kappa shape index (κ3) is 5.35. The molecule has 0 aliphatic heterocycles. The Balaban J connectivity index is 4.05. The Morgan fingerprint density at radius 3 is 2.67 bits per heavy atom. The van der Waals surface area contributed by atoms with Crippen molar-refractivity contribution in [1.29, 1.82) is 0 Å². The van der Waals surface area contributed by atoms with Crippen LogP contribution < -0.4 is 5.73 Å². The molecule has 0 aromatic heterocycles. The second-order valence-corrected chi connectivity index (χ2v) is 2.23. The lowest BCUT2D eigenvalue weighted by Gasteiger charge is -2.04. The highest BCUT2D eigenvalue weighted by atomic mass is 16.5. The standard InChI is InChI=1S/C10H15NO/c1-4-6-10(7-5-2)8-12-9(3)11/h4-7H,1,3,8,11H2,2H3/b7-5-,10-6+. The number of hydrogen-bond acceptors (Lipinski definition) is 2. The first-order chi connectivity index (χ1) is 5.70. The van der Waals surface area contributed by atoms with Gasteiger partial charge in [0.05, 0.1) is 0 Å². The number of nitrogens with two attached hydrogens (primary N) is 1. The Kier molecular flexibility index (Phi) is 5.53. The molecule has 2 nitrogen and oxygen atoms in total. The molecule has 66 valence electrons. The zero-order valence-electron chi connectivity index (χ0n) is 7.42. The van der Waals surface area contributed by atoms with Crippen LogP contribution in [0.15, 0.2) is 48.9 Å². The quantitative estimate of drug-likeness (QED) is 0.500. The maximum atomic E-state index is 5.24. The molecular formula is C10H15NO. The first-order valence-corrected chi connectivity index (χ1v) is 3.72. The van der Waals surface area contributed by atoms with Crippen molar-refractivity contribution in [3.05, 3.63) is 48.9 Å². The Morgan fingerprint density at radius 2 is 2.25 bits per heavy atom. The van der Waals surface area contributed by atoms with E-state index in [4.69, 9.17) is 10.5 Å². The van der Waals surface area contributed by atoms with Crippen LogP contribution in [0.1, 0.15) is 6.92 Å². The van der Waals surface area contributed by atoms with Crippen molar-refractivity contribution in [3.8, 4) is 0 Å². The van der Waals surface area contributed by atoms with E-state index in [1.54, 1.807) is 6.08 Å². The molecule has 0 aromatic carbocycles. The van der Waals surface area contributed by atoms with E-state index in [0.29, 0.717) is 6.61 Å². The lowest BCUT2D eigenvalue weighted by molar-refractivity contribution is 0.240. The molecule has 0 rings (SSSR count). The van der Waals surface area contributed by atoms with Gasteiger partial charge in [-0.15, -0.1) is 0 Å². The predicted molar refractivity (Wildman–Crippen MR) is 52.4 cm³/mol. The molecule has 0 aliphatic carbocycles. The highest BCUT2D eigenvalue weighted by Crippen LogP contribution is 1.99. The molecule has 2 heteroatoms. The van der Waals surface area contributed by atoms with Gasteiger partial charge in [0, 0.05) is 0 Å². The minimum absolute atomic E-state index is 0.231. The van der Waals surface area contributed by atoms with E-state index in [1.807, 2.05) is 25.2 Å². The lowest BCUT2D eigenvalue weighted by atomic mass is 10.2. The molecule has 0 atom stereocenters. The van der Waals surface area contributed by atoms with E-state index in [2.05, 4.69) is 13.2 Å². The van der Waals surface area contributed by atoms with Crippen molar-refractivity contribution in [2.24, 2.45) is 5.73 Å². The second kappa shape index (κ2) is 6.28. The van der Waals surface area contributed by atoms with Crippen molar-refractivity contribution in [1.82, 2.24) is 0 Å². The fourth-order valence-corrected chi connectivity index (χ4v) is 0.693. The van der Waals surface area contributed by atoms with Crippen LogP contribution in [0.5, 0.6) is 0 Å². The Labute approximate surface area is 73.7 Å². The summed E-state index contributed by atoms with van der Waals surface area (Å²) in [7, 11) is 0. The minimum atomic E-state index is 0.231. The Bertz CT molecular complexity index is 214. The first-order valence-electron chi connectivity index (χ1n) is 3.72. The van der Waals surface area contributed by atoms with E-state index in [0.717, 1.165) is 5.57 Å². The van der Waals surface area contributed by atoms with Gasteiger partial charge in [-0.25, -0.2) is 0 Å². The summed E-state index contributed by atoms with van der Waals surface area (Å²) < 4.78 is 5.03.